The lowest BCUT2D eigenvalue weighted by molar-refractivity contribution is 0.670. The highest BCUT2D eigenvalue weighted by molar-refractivity contribution is 6.23. The van der Waals surface area contributed by atoms with E-state index in [0.29, 0.717) is 0 Å². The maximum Gasteiger partial charge on any atom is 0.143 e. The molecule has 4 heteroatoms. The zero-order valence-electron chi connectivity index (χ0n) is 26.7. The molecule has 4 nitrogen and oxygen atoms in total. The van der Waals surface area contributed by atoms with Gasteiger partial charge in [0, 0.05) is 54.4 Å². The molecule has 0 aliphatic carbocycles. The summed E-state index contributed by atoms with van der Waals surface area (Å²) in [5.41, 5.74) is 11.3. The van der Waals surface area contributed by atoms with Crippen LogP contribution in [0.15, 0.2) is 167 Å². The molecule has 0 spiro atoms. The van der Waals surface area contributed by atoms with Crippen molar-refractivity contribution in [3.8, 4) is 33.6 Å². The largest absolute Gasteiger partial charge is 0.455 e. The summed E-state index contributed by atoms with van der Waals surface area (Å²) in [6.45, 7) is 0. The Kier molecular flexibility index (Phi) is 5.63. The Morgan fingerprint density at radius 3 is 1.78 bits per heavy atom. The minimum Gasteiger partial charge on any atom is -0.455 e. The lowest BCUT2D eigenvalue weighted by Gasteiger charge is -2.11. The fraction of sp³-hybridized carbons (Fsp3) is 0. The normalized spacial score (nSPS) is 12.0. The van der Waals surface area contributed by atoms with Crippen molar-refractivity contribution >= 4 is 76.5 Å². The lowest BCUT2D eigenvalue weighted by atomic mass is 9.94. The number of furan rings is 2. The third kappa shape index (κ3) is 3.93. The van der Waals surface area contributed by atoms with Gasteiger partial charge in [-0.3, -0.25) is 0 Å². The van der Waals surface area contributed by atoms with E-state index in [1.807, 2.05) is 30.3 Å². The molecule has 11 rings (SSSR count). The van der Waals surface area contributed by atoms with Gasteiger partial charge in [0.2, 0.25) is 0 Å². The Hall–Kier alpha value is -6.78. The van der Waals surface area contributed by atoms with E-state index in [1.54, 1.807) is 0 Å². The first kappa shape index (κ1) is 27.2. The van der Waals surface area contributed by atoms with E-state index < -0.39 is 0 Å². The van der Waals surface area contributed by atoms with E-state index in [9.17, 15) is 0 Å². The predicted molar refractivity (Wildman–Crippen MR) is 205 cm³/mol. The van der Waals surface area contributed by atoms with Crippen LogP contribution >= 0.6 is 0 Å². The van der Waals surface area contributed by atoms with E-state index in [1.165, 1.54) is 0 Å². The number of para-hydroxylation sites is 2. The molecule has 11 aromatic rings. The van der Waals surface area contributed by atoms with Crippen molar-refractivity contribution < 1.29 is 8.83 Å². The molecule has 4 heterocycles. The van der Waals surface area contributed by atoms with Crippen LogP contribution in [0.5, 0.6) is 0 Å². The molecular formula is C46H26N2O2. The number of fused-ring (bicyclic) bond motifs is 11. The topological polar surface area (TPSA) is 52.1 Å². The molecule has 0 fully saturated rings. The van der Waals surface area contributed by atoms with Crippen LogP contribution in [-0.2, 0) is 0 Å². The van der Waals surface area contributed by atoms with Crippen molar-refractivity contribution in [1.82, 2.24) is 9.97 Å². The molecular weight excluding hydrogens is 613 g/mol. The smallest absolute Gasteiger partial charge is 0.143 e. The Labute approximate surface area is 285 Å². The average Bonchev–Trinajstić information content (AvgIpc) is 3.76. The molecule has 0 atom stereocenters. The van der Waals surface area contributed by atoms with Crippen LogP contribution in [0.1, 0.15) is 0 Å². The monoisotopic (exact) mass is 638 g/mol. The summed E-state index contributed by atoms with van der Waals surface area (Å²) in [6.07, 6.45) is 0. The second-order valence-corrected chi connectivity index (χ2v) is 12.9. The highest BCUT2D eigenvalue weighted by atomic mass is 16.3. The van der Waals surface area contributed by atoms with Crippen LogP contribution in [0.4, 0.5) is 0 Å². The number of hydrogen-bond acceptors (Lipinski definition) is 4. The molecule has 7 aromatic carbocycles. The van der Waals surface area contributed by atoms with Gasteiger partial charge in [-0.25, -0.2) is 9.97 Å². The van der Waals surface area contributed by atoms with Crippen molar-refractivity contribution in [1.29, 1.82) is 0 Å². The zero-order chi connectivity index (χ0) is 32.8. The van der Waals surface area contributed by atoms with Gasteiger partial charge in [0.1, 0.15) is 22.3 Å². The fourth-order valence-corrected chi connectivity index (χ4v) is 7.73. The molecule has 0 radical (unpaired) electrons. The maximum absolute atomic E-state index is 6.71. The summed E-state index contributed by atoms with van der Waals surface area (Å²) >= 11 is 0. The van der Waals surface area contributed by atoms with Gasteiger partial charge in [0.05, 0.1) is 22.4 Å². The van der Waals surface area contributed by atoms with Crippen LogP contribution in [0.3, 0.4) is 0 Å². The number of nitrogens with zero attached hydrogens (tertiary/aromatic N) is 2. The summed E-state index contributed by atoms with van der Waals surface area (Å²) in [4.78, 5) is 10.5. The Bertz CT molecular complexity index is 3150. The first-order chi connectivity index (χ1) is 24.8. The first-order valence-electron chi connectivity index (χ1n) is 16.8. The van der Waals surface area contributed by atoms with Crippen molar-refractivity contribution in [3.05, 3.63) is 158 Å². The summed E-state index contributed by atoms with van der Waals surface area (Å²) < 4.78 is 13.2. The minimum absolute atomic E-state index is 0.836. The van der Waals surface area contributed by atoms with E-state index in [0.717, 1.165) is 110 Å². The molecule has 0 amide bonds. The van der Waals surface area contributed by atoms with Crippen molar-refractivity contribution in [3.63, 3.8) is 0 Å². The van der Waals surface area contributed by atoms with Gasteiger partial charge in [0.25, 0.3) is 0 Å². The third-order valence-corrected chi connectivity index (χ3v) is 10.1. The summed E-state index contributed by atoms with van der Waals surface area (Å²) in [6, 6.07) is 54.7. The SMILES string of the molecule is c1ccc(-c2ccc3ccc4ccc(-c5cc6c(oc7cccc(-c8cccc9c8oc8ccccc89)c76)c6ccccc56)nc4c3n2)cc1. The maximum atomic E-state index is 6.71. The number of pyridine rings is 2. The van der Waals surface area contributed by atoms with Crippen LogP contribution in [0, 0.1) is 0 Å². The number of hydrogen-bond donors (Lipinski definition) is 0. The quantitative estimate of drug-likeness (QED) is 0.181. The van der Waals surface area contributed by atoms with Gasteiger partial charge >= 0.3 is 0 Å². The van der Waals surface area contributed by atoms with Gasteiger partial charge in [-0.15, -0.1) is 0 Å². The molecule has 50 heavy (non-hydrogen) atoms. The Morgan fingerprint density at radius 2 is 0.940 bits per heavy atom. The molecule has 0 saturated heterocycles. The van der Waals surface area contributed by atoms with Crippen molar-refractivity contribution in [2.24, 2.45) is 0 Å². The molecule has 0 bridgehead atoms. The first-order valence-corrected chi connectivity index (χ1v) is 16.8. The summed E-state index contributed by atoms with van der Waals surface area (Å²) in [7, 11) is 0. The number of rotatable bonds is 3. The zero-order valence-corrected chi connectivity index (χ0v) is 26.7. The van der Waals surface area contributed by atoms with Gasteiger partial charge in [0.15, 0.2) is 0 Å². The van der Waals surface area contributed by atoms with Crippen LogP contribution in [0.2, 0.25) is 0 Å². The highest BCUT2D eigenvalue weighted by Gasteiger charge is 2.21. The van der Waals surface area contributed by atoms with Crippen molar-refractivity contribution in [2.45, 2.75) is 0 Å². The highest BCUT2D eigenvalue weighted by Crippen LogP contribution is 2.45. The van der Waals surface area contributed by atoms with E-state index >= 15 is 0 Å². The molecule has 0 unspecified atom stereocenters. The van der Waals surface area contributed by atoms with E-state index in [-0.39, 0.29) is 0 Å². The minimum atomic E-state index is 0.836. The second kappa shape index (κ2) is 10.4. The second-order valence-electron chi connectivity index (χ2n) is 12.9. The lowest BCUT2D eigenvalue weighted by Crippen LogP contribution is -1.92. The van der Waals surface area contributed by atoms with Gasteiger partial charge in [-0.2, -0.15) is 0 Å². The standard InChI is InChI=1S/C46H26N2O2/c1-2-10-27(11-3-1)38-24-22-28-20-21-29-23-25-39(48-44(29)43(28)47-38)36-26-37-42-32(15-9-19-41(42)50-46(37)33-14-5-4-12-30(33)36)35-17-8-16-34-31-13-6-7-18-40(31)49-45(34)35/h1-26H. The molecule has 0 saturated carbocycles. The van der Waals surface area contributed by atoms with Gasteiger partial charge in [-0.1, -0.05) is 127 Å². The molecule has 232 valence electrons. The van der Waals surface area contributed by atoms with E-state index in [4.69, 9.17) is 18.8 Å². The Morgan fingerprint density at radius 1 is 0.360 bits per heavy atom. The summed E-state index contributed by atoms with van der Waals surface area (Å²) in [5, 5.41) is 8.57. The average molecular weight is 639 g/mol. The Balaban J connectivity index is 1.19. The predicted octanol–water partition coefficient (Wildman–Crippen LogP) is 12.7. The fourth-order valence-electron chi connectivity index (χ4n) is 7.73. The molecule has 0 aliphatic heterocycles. The molecule has 4 aromatic heterocycles. The van der Waals surface area contributed by atoms with Crippen LogP contribution in [-0.4, -0.2) is 9.97 Å². The number of aromatic nitrogens is 2. The van der Waals surface area contributed by atoms with Crippen molar-refractivity contribution in [2.75, 3.05) is 0 Å². The third-order valence-electron chi connectivity index (χ3n) is 10.1. The van der Waals surface area contributed by atoms with E-state index in [2.05, 4.69) is 127 Å². The summed E-state index contributed by atoms with van der Waals surface area (Å²) in [5.74, 6) is 0. The van der Waals surface area contributed by atoms with Crippen LogP contribution in [0.25, 0.3) is 110 Å². The number of benzene rings is 7. The van der Waals surface area contributed by atoms with Gasteiger partial charge in [-0.05, 0) is 41.3 Å². The molecule has 0 N–H and O–H groups in total. The van der Waals surface area contributed by atoms with Crippen LogP contribution < -0.4 is 0 Å². The van der Waals surface area contributed by atoms with Gasteiger partial charge < -0.3 is 8.83 Å². The molecule has 0 aliphatic rings.